The van der Waals surface area contributed by atoms with E-state index in [9.17, 15) is 0 Å². The van der Waals surface area contributed by atoms with Gasteiger partial charge in [0.2, 0.25) is 0 Å². The third-order valence-corrected chi connectivity index (χ3v) is 2.62. The number of benzene rings is 1. The predicted molar refractivity (Wildman–Crippen MR) is 71.8 cm³/mol. The van der Waals surface area contributed by atoms with E-state index < -0.39 is 0 Å². The summed E-state index contributed by atoms with van der Waals surface area (Å²) in [5, 5.41) is 8.78. The molecule has 0 amide bonds. The Bertz CT molecular complexity index is 328. The zero-order chi connectivity index (χ0) is 12.6. The quantitative estimate of drug-likeness (QED) is 0.784. The van der Waals surface area contributed by atoms with Crippen LogP contribution in [0.4, 0.5) is 0 Å². The zero-order valence-electron chi connectivity index (χ0n) is 10.7. The van der Waals surface area contributed by atoms with Gasteiger partial charge in [-0.25, -0.2) is 0 Å². The monoisotopic (exact) mass is 234 g/mol. The van der Waals surface area contributed by atoms with E-state index >= 15 is 0 Å². The number of rotatable bonds is 7. The van der Waals surface area contributed by atoms with E-state index in [4.69, 9.17) is 9.84 Å². The third kappa shape index (κ3) is 6.25. The first-order chi connectivity index (χ1) is 8.14. The normalized spacial score (nSPS) is 12.2. The Kier molecular flexibility index (Phi) is 5.95. The molecule has 0 aliphatic heterocycles. The van der Waals surface area contributed by atoms with E-state index in [2.05, 4.69) is 32.1 Å². The third-order valence-electron chi connectivity index (χ3n) is 2.62. The van der Waals surface area contributed by atoms with Crippen molar-refractivity contribution >= 4 is 6.08 Å². The van der Waals surface area contributed by atoms with Gasteiger partial charge in [-0.15, -0.1) is 0 Å². The summed E-state index contributed by atoms with van der Waals surface area (Å²) in [6.07, 6.45) is 5.75. The molecule has 1 N–H and O–H groups in total. The van der Waals surface area contributed by atoms with Crippen LogP contribution in [0.3, 0.4) is 0 Å². The Morgan fingerprint density at radius 3 is 2.59 bits per heavy atom. The van der Waals surface area contributed by atoms with E-state index in [0.29, 0.717) is 6.61 Å². The number of hydrogen-bond acceptors (Lipinski definition) is 2. The smallest absolute Gasteiger partial charge is 0.0657 e. The van der Waals surface area contributed by atoms with Crippen molar-refractivity contribution in [2.24, 2.45) is 0 Å². The molecule has 1 aromatic rings. The van der Waals surface area contributed by atoms with Crippen LogP contribution < -0.4 is 0 Å². The molecule has 0 atom stereocenters. The summed E-state index contributed by atoms with van der Waals surface area (Å²) in [4.78, 5) is 0. The molecule has 0 aliphatic carbocycles. The lowest BCUT2D eigenvalue weighted by Crippen LogP contribution is -2.24. The van der Waals surface area contributed by atoms with Crippen molar-refractivity contribution in [3.63, 3.8) is 0 Å². The Labute approximate surface area is 104 Å². The van der Waals surface area contributed by atoms with Crippen molar-refractivity contribution in [3.8, 4) is 0 Å². The van der Waals surface area contributed by atoms with Crippen LogP contribution in [0.15, 0.2) is 36.4 Å². The maximum atomic E-state index is 8.78. The largest absolute Gasteiger partial charge is 0.396 e. The molecule has 0 aromatic heterocycles. The summed E-state index contributed by atoms with van der Waals surface area (Å²) in [6.45, 7) is 4.94. The van der Waals surface area contributed by atoms with Crippen LogP contribution in [0.2, 0.25) is 0 Å². The fourth-order valence-corrected chi connectivity index (χ4v) is 1.60. The minimum Gasteiger partial charge on any atom is -0.396 e. The molecule has 2 nitrogen and oxygen atoms in total. The van der Waals surface area contributed by atoms with Crippen LogP contribution in [-0.4, -0.2) is 23.9 Å². The van der Waals surface area contributed by atoms with Crippen LogP contribution >= 0.6 is 0 Å². The van der Waals surface area contributed by atoms with Crippen LogP contribution in [0.5, 0.6) is 0 Å². The molecule has 1 aromatic carbocycles. The number of hydrogen-bond donors (Lipinski definition) is 1. The molecule has 0 bridgehead atoms. The standard InChI is InChI=1S/C15H22O2/c1-15(2,11-7-12-16)17-13-6-10-14-8-4-3-5-9-14/h3-6,8-10,16H,7,11-13H2,1-2H3/b10-6+. The van der Waals surface area contributed by atoms with Crippen LogP contribution in [0, 0.1) is 0 Å². The minimum atomic E-state index is -0.163. The summed E-state index contributed by atoms with van der Waals surface area (Å²) < 4.78 is 5.76. The number of aliphatic hydroxyl groups excluding tert-OH is 1. The molecular formula is C15H22O2. The van der Waals surface area contributed by atoms with Gasteiger partial charge in [-0.3, -0.25) is 0 Å². The lowest BCUT2D eigenvalue weighted by molar-refractivity contribution is -0.0112. The predicted octanol–water partition coefficient (Wildman–Crippen LogP) is 3.27. The number of aliphatic hydroxyl groups is 1. The van der Waals surface area contributed by atoms with Gasteiger partial charge in [0.25, 0.3) is 0 Å². The van der Waals surface area contributed by atoms with Crippen LogP contribution in [-0.2, 0) is 4.74 Å². The van der Waals surface area contributed by atoms with Gasteiger partial charge in [0, 0.05) is 6.61 Å². The summed E-state index contributed by atoms with van der Waals surface area (Å²) in [5.41, 5.74) is 1.02. The van der Waals surface area contributed by atoms with Gasteiger partial charge in [0.1, 0.15) is 0 Å². The lowest BCUT2D eigenvalue weighted by atomic mass is 10.0. The molecule has 0 saturated heterocycles. The highest BCUT2D eigenvalue weighted by Gasteiger charge is 2.16. The van der Waals surface area contributed by atoms with Gasteiger partial charge >= 0.3 is 0 Å². The second kappa shape index (κ2) is 7.25. The van der Waals surface area contributed by atoms with E-state index in [1.165, 1.54) is 5.56 Å². The Hall–Kier alpha value is -1.12. The van der Waals surface area contributed by atoms with Crippen molar-refractivity contribution in [1.82, 2.24) is 0 Å². The minimum absolute atomic E-state index is 0.163. The van der Waals surface area contributed by atoms with E-state index in [1.54, 1.807) is 0 Å². The van der Waals surface area contributed by atoms with E-state index in [-0.39, 0.29) is 12.2 Å². The maximum Gasteiger partial charge on any atom is 0.0657 e. The molecule has 0 fully saturated rings. The van der Waals surface area contributed by atoms with E-state index in [0.717, 1.165) is 12.8 Å². The highest BCUT2D eigenvalue weighted by Crippen LogP contribution is 2.16. The topological polar surface area (TPSA) is 29.5 Å². The Morgan fingerprint density at radius 1 is 1.24 bits per heavy atom. The number of ether oxygens (including phenoxy) is 1. The molecule has 0 radical (unpaired) electrons. The Balaban J connectivity index is 2.29. The summed E-state index contributed by atoms with van der Waals surface area (Å²) in [7, 11) is 0. The zero-order valence-corrected chi connectivity index (χ0v) is 10.7. The molecule has 0 saturated carbocycles. The van der Waals surface area contributed by atoms with Gasteiger partial charge in [-0.1, -0.05) is 42.5 Å². The van der Waals surface area contributed by atoms with Crippen molar-refractivity contribution < 1.29 is 9.84 Å². The first kappa shape index (κ1) is 13.9. The fraction of sp³-hybridized carbons (Fsp3) is 0.467. The Morgan fingerprint density at radius 2 is 1.94 bits per heavy atom. The molecule has 17 heavy (non-hydrogen) atoms. The first-order valence-electron chi connectivity index (χ1n) is 6.10. The molecule has 0 heterocycles. The van der Waals surface area contributed by atoms with E-state index in [1.807, 2.05) is 24.3 Å². The highest BCUT2D eigenvalue weighted by atomic mass is 16.5. The average Bonchev–Trinajstić information content (AvgIpc) is 2.34. The van der Waals surface area contributed by atoms with Crippen LogP contribution in [0.1, 0.15) is 32.3 Å². The summed E-state index contributed by atoms with van der Waals surface area (Å²) in [6, 6.07) is 10.2. The molecular weight excluding hydrogens is 212 g/mol. The maximum absolute atomic E-state index is 8.78. The molecule has 0 unspecified atom stereocenters. The SMILES string of the molecule is CC(C)(CCCO)OC/C=C/c1ccccc1. The van der Waals surface area contributed by atoms with Gasteiger partial charge in [0.15, 0.2) is 0 Å². The van der Waals surface area contributed by atoms with Crippen molar-refractivity contribution in [1.29, 1.82) is 0 Å². The first-order valence-corrected chi connectivity index (χ1v) is 6.10. The van der Waals surface area contributed by atoms with Crippen molar-refractivity contribution in [2.45, 2.75) is 32.3 Å². The fourth-order valence-electron chi connectivity index (χ4n) is 1.60. The summed E-state index contributed by atoms with van der Waals surface area (Å²) in [5.74, 6) is 0. The van der Waals surface area contributed by atoms with Crippen molar-refractivity contribution in [2.75, 3.05) is 13.2 Å². The average molecular weight is 234 g/mol. The highest BCUT2D eigenvalue weighted by molar-refractivity contribution is 5.48. The summed E-state index contributed by atoms with van der Waals surface area (Å²) >= 11 is 0. The molecule has 94 valence electrons. The molecule has 0 aliphatic rings. The second-order valence-electron chi connectivity index (χ2n) is 4.71. The second-order valence-corrected chi connectivity index (χ2v) is 4.71. The van der Waals surface area contributed by atoms with Gasteiger partial charge in [-0.2, -0.15) is 0 Å². The molecule has 0 spiro atoms. The van der Waals surface area contributed by atoms with Crippen LogP contribution in [0.25, 0.3) is 6.08 Å². The van der Waals surface area contributed by atoms with Gasteiger partial charge in [0.05, 0.1) is 12.2 Å². The lowest BCUT2D eigenvalue weighted by Gasteiger charge is -2.24. The molecule has 1 rings (SSSR count). The van der Waals surface area contributed by atoms with Gasteiger partial charge in [-0.05, 0) is 32.3 Å². The molecule has 2 heteroatoms. The van der Waals surface area contributed by atoms with Crippen molar-refractivity contribution in [3.05, 3.63) is 42.0 Å². The van der Waals surface area contributed by atoms with Gasteiger partial charge < -0.3 is 9.84 Å².